The number of rotatable bonds is 8. The Morgan fingerprint density at radius 1 is 1.13 bits per heavy atom. The van der Waals surface area contributed by atoms with Gasteiger partial charge in [0.2, 0.25) is 0 Å². The van der Waals surface area contributed by atoms with Crippen molar-refractivity contribution in [3.8, 4) is 0 Å². The number of carbonyl (C=O) groups excluding carboxylic acids is 2. The van der Waals surface area contributed by atoms with E-state index in [1.54, 1.807) is 21.3 Å². The average molecular weight is 572 g/mol. The van der Waals surface area contributed by atoms with Gasteiger partial charge in [-0.05, 0) is 31.7 Å². The lowest BCUT2D eigenvalue weighted by Crippen LogP contribution is -2.82. The summed E-state index contributed by atoms with van der Waals surface area (Å²) in [6, 6.07) is -0.554. The highest BCUT2D eigenvalue weighted by atomic mass is 35.5. The van der Waals surface area contributed by atoms with Gasteiger partial charge in [-0.25, -0.2) is 0 Å². The molecule has 1 saturated heterocycles. The van der Waals surface area contributed by atoms with E-state index in [9.17, 15) is 19.8 Å². The molecule has 5 saturated carbocycles. The van der Waals surface area contributed by atoms with Crippen LogP contribution >= 0.6 is 11.6 Å². The number of halogens is 1. The van der Waals surface area contributed by atoms with Gasteiger partial charge in [-0.15, -0.1) is 11.6 Å². The molecule has 6 rings (SSSR count). The van der Waals surface area contributed by atoms with Crippen molar-refractivity contribution in [3.63, 3.8) is 0 Å². The minimum Gasteiger partial charge on any atom is -0.462 e. The molecule has 1 heterocycles. The summed E-state index contributed by atoms with van der Waals surface area (Å²) in [6.45, 7) is 5.17. The summed E-state index contributed by atoms with van der Waals surface area (Å²) in [4.78, 5) is 27.4. The molecule has 0 amide bonds. The highest BCUT2D eigenvalue weighted by molar-refractivity contribution is 6.26. The fourth-order valence-corrected chi connectivity index (χ4v) is 11.4. The molecule has 10 nitrogen and oxygen atoms in total. The van der Waals surface area contributed by atoms with E-state index in [1.807, 2.05) is 0 Å². The summed E-state index contributed by atoms with van der Waals surface area (Å²) >= 11 is 5.96. The SMILES string of the molecule is CCN1C[C@]2(COC)CCC(OC(=O)CCl)[C@@]34[C@@H]5C[C@H]6[C@H](OC(C)=O)[C@@H]5[C@](O)(C[C@@H]6OC)[C@](O)([C@@H](OC)[C@H]23)[C@@H]14. The fraction of sp³-hybridized carbons (Fsp3) is 0.929. The summed E-state index contributed by atoms with van der Waals surface area (Å²) < 4.78 is 30.3. The third-order valence-electron chi connectivity index (χ3n) is 11.9. The lowest BCUT2D eigenvalue weighted by molar-refractivity contribution is -0.318. The Balaban J connectivity index is 1.66. The summed E-state index contributed by atoms with van der Waals surface area (Å²) in [5.74, 6) is -2.45. The number of likely N-dealkylation sites (N-methyl/N-ethyl adjacent to an activating group) is 1. The molecule has 39 heavy (non-hydrogen) atoms. The van der Waals surface area contributed by atoms with E-state index < -0.39 is 70.3 Å². The van der Waals surface area contributed by atoms with Gasteiger partial charge in [0.05, 0.1) is 24.9 Å². The Morgan fingerprint density at radius 3 is 2.46 bits per heavy atom. The molecule has 0 radical (unpaired) electrons. The predicted octanol–water partition coefficient (Wildman–Crippen LogP) is 0.977. The van der Waals surface area contributed by atoms with Crippen molar-refractivity contribution in [1.29, 1.82) is 0 Å². The first-order valence-corrected chi connectivity index (χ1v) is 14.7. The van der Waals surface area contributed by atoms with Gasteiger partial charge in [0.1, 0.15) is 29.3 Å². The standard InChI is InChI=1S/C28H42ClNO9/c1-6-30-12-25(13-35-3)8-7-18(39-19(32)11-29)27-16-9-15-17(36-4)10-26(33,20(16)21(15)38-14(2)31)28(34,24(27)30)23(37-5)22(25)27/h15-18,20-24,33-34H,6-13H2,1-5H3/t15-,16-,17+,18?,20-,21+,22-,23+,24+,25+,26-,27+,28+/m1/s1. The number of hydrogen-bond acceptors (Lipinski definition) is 10. The molecule has 1 spiro atoms. The van der Waals surface area contributed by atoms with Crippen LogP contribution < -0.4 is 0 Å². The van der Waals surface area contributed by atoms with Gasteiger partial charge >= 0.3 is 11.9 Å². The molecule has 6 fully saturated rings. The Kier molecular flexibility index (Phi) is 6.67. The van der Waals surface area contributed by atoms with Crippen LogP contribution in [-0.2, 0) is 33.3 Å². The van der Waals surface area contributed by atoms with Crippen molar-refractivity contribution in [2.45, 2.75) is 81.2 Å². The Hall–Kier alpha value is -1.01. The van der Waals surface area contributed by atoms with Gasteiger partial charge in [-0.1, -0.05) is 6.92 Å². The van der Waals surface area contributed by atoms with Crippen molar-refractivity contribution < 1.29 is 43.5 Å². The first-order chi connectivity index (χ1) is 18.5. The lowest BCUT2D eigenvalue weighted by Gasteiger charge is -2.69. The highest BCUT2D eigenvalue weighted by Gasteiger charge is 2.92. The zero-order valence-electron chi connectivity index (χ0n) is 23.4. The van der Waals surface area contributed by atoms with Crippen LogP contribution in [0.25, 0.3) is 0 Å². The monoisotopic (exact) mass is 571 g/mol. The van der Waals surface area contributed by atoms with Gasteiger partial charge in [0, 0.05) is 69.8 Å². The number of esters is 2. The number of ether oxygens (including phenoxy) is 5. The van der Waals surface area contributed by atoms with E-state index >= 15 is 0 Å². The number of likely N-dealkylation sites (tertiary alicyclic amines) is 1. The Bertz CT molecular complexity index is 1030. The highest BCUT2D eigenvalue weighted by Crippen LogP contribution is 2.80. The van der Waals surface area contributed by atoms with E-state index in [4.69, 9.17) is 35.3 Å². The van der Waals surface area contributed by atoms with Crippen LogP contribution in [0.5, 0.6) is 0 Å². The summed E-state index contributed by atoms with van der Waals surface area (Å²) in [5.41, 5.74) is -4.60. The van der Waals surface area contributed by atoms with Gasteiger partial charge in [0.15, 0.2) is 0 Å². The second-order valence-corrected chi connectivity index (χ2v) is 13.1. The maximum Gasteiger partial charge on any atom is 0.321 e. The number of hydrogen-bond donors (Lipinski definition) is 2. The van der Waals surface area contributed by atoms with E-state index in [2.05, 4.69) is 11.8 Å². The molecule has 0 aromatic heterocycles. The minimum absolute atomic E-state index is 0.161. The third kappa shape index (κ3) is 3.15. The van der Waals surface area contributed by atoms with Crippen molar-refractivity contribution in [3.05, 3.63) is 0 Å². The van der Waals surface area contributed by atoms with Crippen molar-refractivity contribution in [2.24, 2.45) is 34.5 Å². The van der Waals surface area contributed by atoms with Crippen LogP contribution in [0.3, 0.4) is 0 Å². The molecular formula is C28H42ClNO9. The molecule has 1 aliphatic heterocycles. The normalized spacial score (nSPS) is 53.0. The van der Waals surface area contributed by atoms with Crippen molar-refractivity contribution in [2.75, 3.05) is 46.9 Å². The summed E-state index contributed by atoms with van der Waals surface area (Å²) in [7, 11) is 4.88. The van der Waals surface area contributed by atoms with Crippen LogP contribution in [0.4, 0.5) is 0 Å². The molecule has 11 heteroatoms. The van der Waals surface area contributed by atoms with E-state index in [0.717, 1.165) is 0 Å². The van der Waals surface area contributed by atoms with Gasteiger partial charge in [0.25, 0.3) is 0 Å². The number of piperidine rings is 1. The van der Waals surface area contributed by atoms with Crippen LogP contribution in [0.15, 0.2) is 0 Å². The number of alkyl halides is 1. The van der Waals surface area contributed by atoms with Crippen LogP contribution in [0.2, 0.25) is 0 Å². The van der Waals surface area contributed by atoms with Crippen molar-refractivity contribution >= 4 is 23.5 Å². The minimum atomic E-state index is -1.75. The molecule has 0 aromatic rings. The number of nitrogens with zero attached hydrogens (tertiary/aromatic N) is 1. The molecule has 6 aliphatic rings. The number of carbonyl (C=O) groups is 2. The maximum absolute atomic E-state index is 13.2. The van der Waals surface area contributed by atoms with E-state index in [1.165, 1.54) is 6.92 Å². The molecular weight excluding hydrogens is 530 g/mol. The molecule has 220 valence electrons. The topological polar surface area (TPSA) is 124 Å². The molecule has 5 aliphatic carbocycles. The van der Waals surface area contributed by atoms with Crippen LogP contribution in [-0.4, -0.2) is 116 Å². The van der Waals surface area contributed by atoms with Gasteiger partial charge in [-0.3, -0.25) is 14.5 Å². The number of fused-ring (bicyclic) bond motifs is 2. The van der Waals surface area contributed by atoms with Crippen molar-refractivity contribution in [1.82, 2.24) is 4.90 Å². The first kappa shape index (κ1) is 28.1. The molecule has 13 atom stereocenters. The zero-order chi connectivity index (χ0) is 28.1. The van der Waals surface area contributed by atoms with Crippen LogP contribution in [0.1, 0.15) is 39.5 Å². The summed E-state index contributed by atoms with van der Waals surface area (Å²) in [6.07, 6.45) is -0.297. The Morgan fingerprint density at radius 2 is 1.87 bits per heavy atom. The quantitative estimate of drug-likeness (QED) is 0.322. The van der Waals surface area contributed by atoms with E-state index in [0.29, 0.717) is 39.0 Å². The number of aliphatic hydroxyl groups is 2. The second-order valence-electron chi connectivity index (χ2n) is 12.9. The molecule has 7 bridgehead atoms. The average Bonchev–Trinajstić information content (AvgIpc) is 3.29. The van der Waals surface area contributed by atoms with Crippen LogP contribution in [0, 0.1) is 34.5 Å². The van der Waals surface area contributed by atoms with E-state index in [-0.39, 0.29) is 30.1 Å². The number of methoxy groups -OCH3 is 3. The summed E-state index contributed by atoms with van der Waals surface area (Å²) in [5, 5.41) is 26.2. The smallest absolute Gasteiger partial charge is 0.321 e. The third-order valence-corrected chi connectivity index (χ3v) is 12.1. The maximum atomic E-state index is 13.2. The molecule has 1 unspecified atom stereocenters. The zero-order valence-corrected chi connectivity index (χ0v) is 24.2. The van der Waals surface area contributed by atoms with Gasteiger partial charge < -0.3 is 33.9 Å². The second kappa shape index (κ2) is 9.24. The van der Waals surface area contributed by atoms with Gasteiger partial charge in [-0.2, -0.15) is 0 Å². The fourth-order valence-electron chi connectivity index (χ4n) is 11.3. The first-order valence-electron chi connectivity index (χ1n) is 14.2. The largest absolute Gasteiger partial charge is 0.462 e. The molecule has 2 N–H and O–H groups in total. The Labute approximate surface area is 234 Å². The predicted molar refractivity (Wildman–Crippen MR) is 138 cm³/mol. The lowest BCUT2D eigenvalue weighted by atomic mass is 9.42. The molecule has 0 aromatic carbocycles.